The molecule has 3 aromatic heterocycles. The van der Waals surface area contributed by atoms with Gasteiger partial charge in [0, 0.05) is 31.5 Å². The minimum atomic E-state index is -0.266. The van der Waals surface area contributed by atoms with Crippen LogP contribution < -0.4 is 5.56 Å². The number of benzene rings is 1. The molecule has 4 rings (SSSR count). The molecule has 0 aliphatic heterocycles. The van der Waals surface area contributed by atoms with Crippen molar-refractivity contribution in [2.24, 2.45) is 0 Å². The number of methoxy groups -OCH3 is 1. The Bertz CT molecular complexity index is 1200. The summed E-state index contributed by atoms with van der Waals surface area (Å²) in [4.78, 5) is 12.7. The smallest absolute Gasteiger partial charge is 0.280 e. The number of hydrogen-bond acceptors (Lipinski definition) is 6. The zero-order valence-corrected chi connectivity index (χ0v) is 15.9. The predicted molar refractivity (Wildman–Crippen MR) is 105 cm³/mol. The van der Waals surface area contributed by atoms with E-state index in [2.05, 4.69) is 15.3 Å². The third-order valence-corrected chi connectivity index (χ3v) is 4.75. The Labute approximate surface area is 165 Å². The van der Waals surface area contributed by atoms with Gasteiger partial charge in [-0.1, -0.05) is 23.7 Å². The first-order chi connectivity index (χ1) is 13.6. The molecule has 0 atom stereocenters. The van der Waals surface area contributed by atoms with Gasteiger partial charge in [-0.3, -0.25) is 4.79 Å². The lowest BCUT2D eigenvalue weighted by molar-refractivity contribution is 0.181. The van der Waals surface area contributed by atoms with Crippen LogP contribution in [0.3, 0.4) is 0 Å². The van der Waals surface area contributed by atoms with E-state index in [4.69, 9.17) is 21.4 Å². The summed E-state index contributed by atoms with van der Waals surface area (Å²) in [5.41, 5.74) is 3.42. The fourth-order valence-electron chi connectivity index (χ4n) is 3.20. The molecule has 1 N–H and O–H groups in total. The summed E-state index contributed by atoms with van der Waals surface area (Å²) >= 11 is 6.01. The van der Waals surface area contributed by atoms with Crippen LogP contribution in [0, 0.1) is 0 Å². The first-order valence-corrected chi connectivity index (χ1v) is 9.15. The highest BCUT2D eigenvalue weighted by atomic mass is 35.5. The Morgan fingerprint density at radius 3 is 2.68 bits per heavy atom. The number of pyridine rings is 1. The number of ether oxygens (including phenoxy) is 1. The maximum absolute atomic E-state index is 12.7. The van der Waals surface area contributed by atoms with Gasteiger partial charge in [0.2, 0.25) is 0 Å². The Balaban J connectivity index is 1.96. The lowest BCUT2D eigenvalue weighted by Crippen LogP contribution is -2.22. The van der Waals surface area contributed by atoms with Gasteiger partial charge >= 0.3 is 0 Å². The average Bonchev–Trinajstić information content (AvgIpc) is 3.07. The minimum Gasteiger partial charge on any atom is -0.396 e. The summed E-state index contributed by atoms with van der Waals surface area (Å²) < 4.78 is 8.44. The second kappa shape index (κ2) is 7.67. The Hall–Kier alpha value is -2.81. The number of aliphatic hydroxyl groups excluding tert-OH is 1. The highest BCUT2D eigenvalue weighted by Crippen LogP contribution is 2.30. The maximum atomic E-state index is 12.7. The van der Waals surface area contributed by atoms with Gasteiger partial charge in [0.1, 0.15) is 5.52 Å². The summed E-state index contributed by atoms with van der Waals surface area (Å²) in [6.45, 7) is 0.713. The molecule has 8 nitrogen and oxygen atoms in total. The van der Waals surface area contributed by atoms with Crippen molar-refractivity contribution in [3.8, 4) is 11.1 Å². The molecule has 144 valence electrons. The van der Waals surface area contributed by atoms with Crippen molar-refractivity contribution in [1.29, 1.82) is 0 Å². The summed E-state index contributed by atoms with van der Waals surface area (Å²) in [5, 5.41) is 22.7. The number of rotatable bonds is 6. The largest absolute Gasteiger partial charge is 0.396 e. The molecule has 0 aliphatic carbocycles. The maximum Gasteiger partial charge on any atom is 0.280 e. The molecule has 0 spiro atoms. The number of aryl methyl sites for hydroxylation is 1. The van der Waals surface area contributed by atoms with Crippen LogP contribution in [0.5, 0.6) is 0 Å². The zero-order chi connectivity index (χ0) is 19.7. The number of halogens is 1. The number of aromatic nitrogens is 5. The van der Waals surface area contributed by atoms with Crippen molar-refractivity contribution in [2.45, 2.75) is 19.6 Å². The first-order valence-electron chi connectivity index (χ1n) is 8.77. The standard InChI is InChI=1S/C19H18ClN5O3/c1-28-11-14-16(12-3-5-13(20)6-4-12)18-22-21-17-15(25(18)23-14)7-9-24(19(17)27)8-2-10-26/h3-7,9,26H,2,8,10-11H2,1H3. The van der Waals surface area contributed by atoms with Gasteiger partial charge in [0.15, 0.2) is 11.2 Å². The van der Waals surface area contributed by atoms with E-state index in [1.54, 1.807) is 36.0 Å². The van der Waals surface area contributed by atoms with Crippen LogP contribution in [0.4, 0.5) is 0 Å². The first kappa shape index (κ1) is 18.5. The van der Waals surface area contributed by atoms with E-state index < -0.39 is 0 Å². The Morgan fingerprint density at radius 2 is 1.96 bits per heavy atom. The van der Waals surface area contributed by atoms with Crippen molar-refractivity contribution < 1.29 is 9.84 Å². The van der Waals surface area contributed by atoms with Crippen LogP contribution in [0.2, 0.25) is 5.02 Å². The fourth-order valence-corrected chi connectivity index (χ4v) is 3.32. The van der Waals surface area contributed by atoms with Crippen molar-refractivity contribution in [3.63, 3.8) is 0 Å². The SMILES string of the molecule is COCc1nn2c(nnc3c(=O)n(CCCO)ccc32)c1-c1ccc(Cl)cc1. The van der Waals surface area contributed by atoms with Gasteiger partial charge in [0.25, 0.3) is 5.56 Å². The van der Waals surface area contributed by atoms with E-state index in [1.165, 1.54) is 4.57 Å². The fraction of sp³-hybridized carbons (Fsp3) is 0.263. The lowest BCUT2D eigenvalue weighted by atomic mass is 10.1. The van der Waals surface area contributed by atoms with Gasteiger partial charge in [-0.05, 0) is 30.2 Å². The highest BCUT2D eigenvalue weighted by Gasteiger charge is 2.19. The third-order valence-electron chi connectivity index (χ3n) is 4.50. The molecule has 0 aliphatic rings. The van der Waals surface area contributed by atoms with Gasteiger partial charge in [0.05, 0.1) is 17.9 Å². The minimum absolute atomic E-state index is 0.0131. The molecule has 0 saturated carbocycles. The van der Waals surface area contributed by atoms with E-state index >= 15 is 0 Å². The Morgan fingerprint density at radius 1 is 1.18 bits per heavy atom. The van der Waals surface area contributed by atoms with E-state index in [-0.39, 0.29) is 24.3 Å². The molecule has 28 heavy (non-hydrogen) atoms. The molecular weight excluding hydrogens is 382 g/mol. The topological polar surface area (TPSA) is 94.5 Å². The molecule has 0 saturated heterocycles. The van der Waals surface area contributed by atoms with Crippen LogP contribution in [0.25, 0.3) is 27.8 Å². The van der Waals surface area contributed by atoms with Gasteiger partial charge in [-0.2, -0.15) is 5.10 Å². The molecule has 4 aromatic rings. The second-order valence-electron chi connectivity index (χ2n) is 6.32. The van der Waals surface area contributed by atoms with Crippen molar-refractivity contribution in [3.05, 3.63) is 57.6 Å². The van der Waals surface area contributed by atoms with Crippen LogP contribution in [-0.4, -0.2) is 43.2 Å². The second-order valence-corrected chi connectivity index (χ2v) is 6.76. The Kier molecular flexibility index (Phi) is 5.08. The molecule has 1 aromatic carbocycles. The molecule has 0 radical (unpaired) electrons. The monoisotopic (exact) mass is 399 g/mol. The van der Waals surface area contributed by atoms with Crippen LogP contribution in [0.15, 0.2) is 41.3 Å². The lowest BCUT2D eigenvalue weighted by Gasteiger charge is -2.06. The molecular formula is C19H18ClN5O3. The molecule has 3 heterocycles. The van der Waals surface area contributed by atoms with E-state index in [0.29, 0.717) is 34.8 Å². The van der Waals surface area contributed by atoms with Crippen molar-refractivity contribution >= 4 is 28.3 Å². The summed E-state index contributed by atoms with van der Waals surface area (Å²) in [7, 11) is 1.60. The van der Waals surface area contributed by atoms with E-state index in [1.807, 2.05) is 12.1 Å². The number of aliphatic hydroxyl groups is 1. The van der Waals surface area contributed by atoms with Crippen LogP contribution >= 0.6 is 11.6 Å². The van der Waals surface area contributed by atoms with Gasteiger partial charge in [-0.15, -0.1) is 10.2 Å². The number of hydrogen-bond donors (Lipinski definition) is 1. The van der Waals surface area contributed by atoms with Crippen LogP contribution in [-0.2, 0) is 17.9 Å². The van der Waals surface area contributed by atoms with E-state index in [0.717, 1.165) is 11.1 Å². The quantitative estimate of drug-likeness (QED) is 0.534. The van der Waals surface area contributed by atoms with Gasteiger partial charge in [-0.25, -0.2) is 4.52 Å². The molecule has 0 fully saturated rings. The summed E-state index contributed by atoms with van der Waals surface area (Å²) in [6, 6.07) is 9.15. The molecule has 9 heteroatoms. The van der Waals surface area contributed by atoms with Crippen LogP contribution in [0.1, 0.15) is 12.1 Å². The highest BCUT2D eigenvalue weighted by molar-refractivity contribution is 6.30. The zero-order valence-electron chi connectivity index (χ0n) is 15.2. The number of fused-ring (bicyclic) bond motifs is 3. The predicted octanol–water partition coefficient (Wildman–Crippen LogP) is 2.29. The van der Waals surface area contributed by atoms with E-state index in [9.17, 15) is 4.79 Å². The molecule has 0 amide bonds. The third kappa shape index (κ3) is 3.15. The summed E-state index contributed by atoms with van der Waals surface area (Å²) in [5.74, 6) is 0. The summed E-state index contributed by atoms with van der Waals surface area (Å²) in [6.07, 6.45) is 2.17. The number of nitrogens with zero attached hydrogens (tertiary/aromatic N) is 5. The average molecular weight is 400 g/mol. The normalized spacial score (nSPS) is 11.5. The van der Waals surface area contributed by atoms with Crippen molar-refractivity contribution in [1.82, 2.24) is 24.4 Å². The molecule has 0 unspecified atom stereocenters. The van der Waals surface area contributed by atoms with Crippen molar-refractivity contribution in [2.75, 3.05) is 13.7 Å². The molecule has 0 bridgehead atoms. The van der Waals surface area contributed by atoms with Gasteiger partial charge < -0.3 is 14.4 Å².